The summed E-state index contributed by atoms with van der Waals surface area (Å²) in [7, 11) is 0. The Balaban J connectivity index is 2.38. The van der Waals surface area contributed by atoms with Gasteiger partial charge in [-0.05, 0) is 43.7 Å². The average Bonchev–Trinajstić information content (AvgIpc) is 2.31. The highest BCUT2D eigenvalue weighted by Crippen LogP contribution is 2.06. The maximum Gasteiger partial charge on any atom is 0.0233 e. The van der Waals surface area contributed by atoms with E-state index >= 15 is 0 Å². The van der Waals surface area contributed by atoms with Gasteiger partial charge >= 0.3 is 0 Å². The van der Waals surface area contributed by atoms with Crippen LogP contribution in [-0.4, -0.2) is 23.7 Å². The van der Waals surface area contributed by atoms with Crippen molar-refractivity contribution in [2.24, 2.45) is 0 Å². The molecule has 0 N–H and O–H groups in total. The second kappa shape index (κ2) is 8.66. The van der Waals surface area contributed by atoms with Crippen molar-refractivity contribution in [1.82, 2.24) is 4.90 Å². The number of benzene rings is 1. The zero-order valence-corrected chi connectivity index (χ0v) is 11.1. The number of unbranched alkanes of at least 4 members (excludes halogenated alkanes) is 1. The van der Waals surface area contributed by atoms with Gasteiger partial charge in [-0.15, -0.1) is 0 Å². The Labute approximate surface area is 105 Å². The van der Waals surface area contributed by atoms with E-state index in [-0.39, 0.29) is 0 Å². The molecule has 90 valence electrons. The van der Waals surface area contributed by atoms with E-state index in [9.17, 15) is 0 Å². The van der Waals surface area contributed by atoms with E-state index in [1.54, 1.807) is 0 Å². The fourth-order valence-corrected chi connectivity index (χ4v) is 2.10. The second-order valence-corrected chi connectivity index (χ2v) is 4.64. The zero-order chi connectivity index (χ0) is 11.6. The predicted molar refractivity (Wildman–Crippen MR) is 75.1 cm³/mol. The molecule has 1 rings (SSSR count). The highest BCUT2D eigenvalue weighted by atomic mass is 32.1. The molecule has 0 aliphatic heterocycles. The second-order valence-electron chi connectivity index (χ2n) is 4.19. The molecule has 1 nitrogen and oxygen atoms in total. The summed E-state index contributed by atoms with van der Waals surface area (Å²) in [4.78, 5) is 2.54. The fourth-order valence-electron chi connectivity index (χ4n) is 1.87. The Morgan fingerprint density at radius 2 is 1.81 bits per heavy atom. The maximum atomic E-state index is 4.26. The lowest BCUT2D eigenvalue weighted by Crippen LogP contribution is -2.25. The molecule has 0 aromatic heterocycles. The van der Waals surface area contributed by atoms with Crippen LogP contribution in [0.3, 0.4) is 0 Å². The van der Waals surface area contributed by atoms with Crippen molar-refractivity contribution in [2.45, 2.75) is 32.7 Å². The maximum absolute atomic E-state index is 4.26. The first-order valence-corrected chi connectivity index (χ1v) is 6.87. The summed E-state index contributed by atoms with van der Waals surface area (Å²) in [6.45, 7) is 5.72. The van der Waals surface area contributed by atoms with Gasteiger partial charge in [0.15, 0.2) is 0 Å². The van der Waals surface area contributed by atoms with Gasteiger partial charge < -0.3 is 0 Å². The molecule has 1 aromatic carbocycles. The van der Waals surface area contributed by atoms with Crippen LogP contribution < -0.4 is 0 Å². The minimum Gasteiger partial charge on any atom is -0.299 e. The van der Waals surface area contributed by atoms with Crippen molar-refractivity contribution < 1.29 is 0 Å². The fraction of sp³-hybridized carbons (Fsp3) is 0.571. The van der Waals surface area contributed by atoms with Gasteiger partial charge in [-0.25, -0.2) is 0 Å². The number of nitrogens with zero attached hydrogens (tertiary/aromatic N) is 1. The molecule has 0 radical (unpaired) electrons. The largest absolute Gasteiger partial charge is 0.299 e. The van der Waals surface area contributed by atoms with Gasteiger partial charge in [-0.1, -0.05) is 37.3 Å². The summed E-state index contributed by atoms with van der Waals surface area (Å²) in [5, 5.41) is 0. The molecule has 0 aliphatic carbocycles. The summed E-state index contributed by atoms with van der Waals surface area (Å²) in [5.41, 5.74) is 1.42. The normalized spacial score (nSPS) is 10.9. The molecular formula is C14H23NS. The van der Waals surface area contributed by atoms with E-state index in [0.717, 1.165) is 12.3 Å². The molecular weight excluding hydrogens is 214 g/mol. The molecule has 0 unspecified atom stereocenters. The van der Waals surface area contributed by atoms with E-state index in [4.69, 9.17) is 0 Å². The molecule has 16 heavy (non-hydrogen) atoms. The number of hydrogen-bond donors (Lipinski definition) is 1. The van der Waals surface area contributed by atoms with Crippen LogP contribution in [0.4, 0.5) is 0 Å². The third-order valence-electron chi connectivity index (χ3n) is 2.67. The molecule has 0 heterocycles. The van der Waals surface area contributed by atoms with Crippen LogP contribution in [0.1, 0.15) is 31.7 Å². The number of rotatable bonds is 8. The van der Waals surface area contributed by atoms with Crippen molar-refractivity contribution in [2.75, 3.05) is 18.8 Å². The lowest BCUT2D eigenvalue weighted by molar-refractivity contribution is 0.262. The highest BCUT2D eigenvalue weighted by Gasteiger charge is 2.03. The van der Waals surface area contributed by atoms with Crippen LogP contribution in [0, 0.1) is 0 Å². The Morgan fingerprint density at radius 3 is 2.44 bits per heavy atom. The van der Waals surface area contributed by atoms with Gasteiger partial charge in [0.25, 0.3) is 0 Å². The summed E-state index contributed by atoms with van der Waals surface area (Å²) in [6, 6.07) is 10.7. The lowest BCUT2D eigenvalue weighted by Gasteiger charge is -2.21. The smallest absolute Gasteiger partial charge is 0.0233 e. The van der Waals surface area contributed by atoms with E-state index in [2.05, 4.69) is 54.8 Å². The number of thiol groups is 1. The van der Waals surface area contributed by atoms with Crippen molar-refractivity contribution in [3.8, 4) is 0 Å². The zero-order valence-electron chi connectivity index (χ0n) is 10.2. The van der Waals surface area contributed by atoms with Gasteiger partial charge in [0.1, 0.15) is 0 Å². The van der Waals surface area contributed by atoms with Crippen LogP contribution in [0.2, 0.25) is 0 Å². The van der Waals surface area contributed by atoms with Crippen LogP contribution >= 0.6 is 12.6 Å². The highest BCUT2D eigenvalue weighted by molar-refractivity contribution is 7.80. The van der Waals surface area contributed by atoms with Gasteiger partial charge in [0, 0.05) is 6.54 Å². The molecule has 0 saturated heterocycles. The van der Waals surface area contributed by atoms with Crippen molar-refractivity contribution in [3.05, 3.63) is 35.9 Å². The molecule has 0 fully saturated rings. The topological polar surface area (TPSA) is 3.24 Å². The van der Waals surface area contributed by atoms with Crippen molar-refractivity contribution in [3.63, 3.8) is 0 Å². The van der Waals surface area contributed by atoms with Crippen molar-refractivity contribution in [1.29, 1.82) is 0 Å². The van der Waals surface area contributed by atoms with Crippen molar-refractivity contribution >= 4 is 12.6 Å². The quantitative estimate of drug-likeness (QED) is 0.534. The first-order valence-electron chi connectivity index (χ1n) is 6.24. The Hall–Kier alpha value is -0.470. The third-order valence-corrected chi connectivity index (χ3v) is 2.99. The van der Waals surface area contributed by atoms with Crippen LogP contribution in [-0.2, 0) is 6.54 Å². The molecule has 0 atom stereocenters. The standard InChI is InChI=1S/C14H23NS/c1-2-10-15(11-6-7-12-16)13-14-8-4-3-5-9-14/h3-5,8-9,16H,2,6-7,10-13H2,1H3. The van der Waals surface area contributed by atoms with E-state index in [0.29, 0.717) is 0 Å². The van der Waals surface area contributed by atoms with Gasteiger partial charge in [0.05, 0.1) is 0 Å². The lowest BCUT2D eigenvalue weighted by atomic mass is 10.2. The molecule has 2 heteroatoms. The number of hydrogen-bond acceptors (Lipinski definition) is 2. The summed E-state index contributed by atoms with van der Waals surface area (Å²) in [6.07, 6.45) is 3.71. The Bertz CT molecular complexity index is 261. The van der Waals surface area contributed by atoms with Gasteiger partial charge in [-0.3, -0.25) is 4.90 Å². The van der Waals surface area contributed by atoms with E-state index < -0.39 is 0 Å². The van der Waals surface area contributed by atoms with Gasteiger partial charge in [0.2, 0.25) is 0 Å². The molecule has 0 aliphatic rings. The van der Waals surface area contributed by atoms with Crippen LogP contribution in [0.5, 0.6) is 0 Å². The van der Waals surface area contributed by atoms with Gasteiger partial charge in [-0.2, -0.15) is 12.6 Å². The summed E-state index contributed by atoms with van der Waals surface area (Å²) >= 11 is 4.26. The first-order chi connectivity index (χ1) is 7.86. The molecule has 0 saturated carbocycles. The van der Waals surface area contributed by atoms with E-state index in [1.807, 2.05) is 0 Å². The molecule has 0 bridgehead atoms. The monoisotopic (exact) mass is 237 g/mol. The minimum absolute atomic E-state index is 1.01. The minimum atomic E-state index is 1.01. The predicted octanol–water partition coefficient (Wildman–Crippen LogP) is 3.61. The van der Waals surface area contributed by atoms with E-state index in [1.165, 1.54) is 37.9 Å². The first kappa shape index (κ1) is 13.6. The average molecular weight is 237 g/mol. The van der Waals surface area contributed by atoms with Crippen LogP contribution in [0.15, 0.2) is 30.3 Å². The molecule has 1 aromatic rings. The molecule has 0 amide bonds. The Kier molecular flexibility index (Phi) is 7.35. The third kappa shape index (κ3) is 5.57. The summed E-state index contributed by atoms with van der Waals surface area (Å²) < 4.78 is 0. The molecule has 0 spiro atoms. The SMILES string of the molecule is CCCN(CCCCS)Cc1ccccc1. The summed E-state index contributed by atoms with van der Waals surface area (Å²) in [5.74, 6) is 1.01. The van der Waals surface area contributed by atoms with Crippen LogP contribution in [0.25, 0.3) is 0 Å². The Morgan fingerprint density at radius 1 is 1.06 bits per heavy atom.